The van der Waals surface area contributed by atoms with E-state index in [0.717, 1.165) is 4.90 Å². The SMILES string of the molecule is C=CCN1C[C@@H]2C[C@H](O)CN(C(=O)O)[C@@H]2C1=O. The zero-order valence-corrected chi connectivity index (χ0v) is 9.45. The van der Waals surface area contributed by atoms with Gasteiger partial charge in [-0.3, -0.25) is 9.69 Å². The number of rotatable bonds is 2. The lowest BCUT2D eigenvalue weighted by atomic mass is 9.90. The minimum atomic E-state index is -1.15. The summed E-state index contributed by atoms with van der Waals surface area (Å²) < 4.78 is 0. The van der Waals surface area contributed by atoms with Crippen molar-refractivity contribution in [2.75, 3.05) is 19.6 Å². The van der Waals surface area contributed by atoms with Gasteiger partial charge in [0, 0.05) is 19.0 Å². The number of aliphatic hydroxyl groups excluding tert-OH is 1. The fourth-order valence-corrected chi connectivity index (χ4v) is 2.73. The molecule has 2 rings (SSSR count). The molecule has 0 radical (unpaired) electrons. The van der Waals surface area contributed by atoms with Gasteiger partial charge in [-0.05, 0) is 6.42 Å². The van der Waals surface area contributed by atoms with Crippen LogP contribution in [0.15, 0.2) is 12.7 Å². The summed E-state index contributed by atoms with van der Waals surface area (Å²) in [6.45, 7) is 4.51. The Morgan fingerprint density at radius 3 is 2.82 bits per heavy atom. The summed E-state index contributed by atoms with van der Waals surface area (Å²) in [7, 11) is 0. The van der Waals surface area contributed by atoms with Gasteiger partial charge in [-0.15, -0.1) is 6.58 Å². The van der Waals surface area contributed by atoms with Crippen LogP contribution in [0.25, 0.3) is 0 Å². The molecule has 3 atom stereocenters. The van der Waals surface area contributed by atoms with Crippen molar-refractivity contribution in [3.05, 3.63) is 12.7 Å². The molecule has 0 aliphatic carbocycles. The number of carboxylic acid groups (broad SMARTS) is 1. The van der Waals surface area contributed by atoms with Crippen LogP contribution >= 0.6 is 0 Å². The Morgan fingerprint density at radius 2 is 2.24 bits per heavy atom. The van der Waals surface area contributed by atoms with Gasteiger partial charge in [0.25, 0.3) is 0 Å². The van der Waals surface area contributed by atoms with E-state index in [1.807, 2.05) is 0 Å². The second kappa shape index (κ2) is 4.37. The number of aliphatic hydroxyl groups is 1. The van der Waals surface area contributed by atoms with Gasteiger partial charge >= 0.3 is 6.09 Å². The van der Waals surface area contributed by atoms with E-state index in [9.17, 15) is 14.7 Å². The molecule has 2 heterocycles. The highest BCUT2D eigenvalue weighted by atomic mass is 16.4. The molecular weight excluding hydrogens is 224 g/mol. The molecule has 94 valence electrons. The number of β-amino-alcohol motifs (C(OH)–C–C–N with tert-alkyl or cyclic N) is 1. The number of amides is 2. The Hall–Kier alpha value is -1.56. The number of hydrogen-bond acceptors (Lipinski definition) is 3. The van der Waals surface area contributed by atoms with Gasteiger partial charge in [-0.2, -0.15) is 0 Å². The molecule has 0 aromatic carbocycles. The molecule has 2 fully saturated rings. The largest absolute Gasteiger partial charge is 0.465 e. The van der Waals surface area contributed by atoms with Crippen molar-refractivity contribution in [1.29, 1.82) is 0 Å². The van der Waals surface area contributed by atoms with E-state index in [4.69, 9.17) is 5.11 Å². The zero-order chi connectivity index (χ0) is 12.6. The molecule has 6 heteroatoms. The van der Waals surface area contributed by atoms with E-state index in [1.165, 1.54) is 0 Å². The molecule has 0 unspecified atom stereocenters. The normalized spacial score (nSPS) is 32.5. The minimum Gasteiger partial charge on any atom is -0.465 e. The van der Waals surface area contributed by atoms with Crippen molar-refractivity contribution < 1.29 is 19.8 Å². The summed E-state index contributed by atoms with van der Waals surface area (Å²) >= 11 is 0. The standard InChI is InChI=1S/C11H16N2O4/c1-2-3-12-5-7-4-8(14)6-13(11(16)17)9(7)10(12)15/h2,7-9,14H,1,3-6H2,(H,16,17)/t7-,8-,9-/m0/s1. The number of nitrogens with zero attached hydrogens (tertiary/aromatic N) is 2. The molecule has 2 aliphatic heterocycles. The Morgan fingerprint density at radius 1 is 1.53 bits per heavy atom. The van der Waals surface area contributed by atoms with E-state index in [1.54, 1.807) is 11.0 Å². The average Bonchev–Trinajstić information content (AvgIpc) is 2.55. The smallest absolute Gasteiger partial charge is 0.408 e. The Balaban J connectivity index is 2.21. The predicted octanol–water partition coefficient (Wildman–Crippen LogP) is -0.256. The molecular formula is C11H16N2O4. The third-order valence-electron chi connectivity index (χ3n) is 3.38. The summed E-state index contributed by atoms with van der Waals surface area (Å²) in [6.07, 6.45) is 0.279. The van der Waals surface area contributed by atoms with Crippen molar-refractivity contribution in [3.8, 4) is 0 Å². The first kappa shape index (κ1) is 11.9. The zero-order valence-electron chi connectivity index (χ0n) is 9.45. The summed E-state index contributed by atoms with van der Waals surface area (Å²) in [5.41, 5.74) is 0. The highest BCUT2D eigenvalue weighted by Crippen LogP contribution is 2.31. The van der Waals surface area contributed by atoms with Crippen LogP contribution in [0.2, 0.25) is 0 Å². The van der Waals surface area contributed by atoms with Crippen molar-refractivity contribution in [2.45, 2.75) is 18.6 Å². The predicted molar refractivity (Wildman–Crippen MR) is 59.4 cm³/mol. The fraction of sp³-hybridized carbons (Fsp3) is 0.636. The Kier molecular flexibility index (Phi) is 3.06. The maximum atomic E-state index is 12.0. The van der Waals surface area contributed by atoms with E-state index >= 15 is 0 Å². The van der Waals surface area contributed by atoms with Gasteiger partial charge in [-0.25, -0.2) is 4.79 Å². The number of hydrogen-bond donors (Lipinski definition) is 2. The van der Waals surface area contributed by atoms with Crippen LogP contribution in [0.5, 0.6) is 0 Å². The third-order valence-corrected chi connectivity index (χ3v) is 3.38. The van der Waals surface area contributed by atoms with Gasteiger partial charge in [0.1, 0.15) is 6.04 Å². The van der Waals surface area contributed by atoms with Crippen molar-refractivity contribution in [2.24, 2.45) is 5.92 Å². The molecule has 0 saturated carbocycles. The van der Waals surface area contributed by atoms with Gasteiger partial charge in [-0.1, -0.05) is 6.08 Å². The van der Waals surface area contributed by atoms with Crippen LogP contribution in [0.4, 0.5) is 4.79 Å². The number of likely N-dealkylation sites (tertiary alicyclic amines) is 2. The van der Waals surface area contributed by atoms with Crippen LogP contribution in [0.1, 0.15) is 6.42 Å². The first-order valence-corrected chi connectivity index (χ1v) is 5.62. The Labute approximate surface area is 99.1 Å². The molecule has 2 amide bonds. The molecule has 0 spiro atoms. The van der Waals surface area contributed by atoms with Gasteiger partial charge in [0.05, 0.1) is 12.6 Å². The lowest BCUT2D eigenvalue weighted by molar-refractivity contribution is -0.132. The van der Waals surface area contributed by atoms with Gasteiger partial charge < -0.3 is 15.1 Å². The molecule has 2 N–H and O–H groups in total. The average molecular weight is 240 g/mol. The second-order valence-electron chi connectivity index (χ2n) is 4.56. The minimum absolute atomic E-state index is 0.0180. The monoisotopic (exact) mass is 240 g/mol. The highest BCUT2D eigenvalue weighted by Gasteiger charge is 2.49. The first-order valence-electron chi connectivity index (χ1n) is 5.62. The van der Waals surface area contributed by atoms with Crippen molar-refractivity contribution in [1.82, 2.24) is 9.80 Å². The van der Waals surface area contributed by atoms with Gasteiger partial charge in [0.2, 0.25) is 5.91 Å². The molecule has 17 heavy (non-hydrogen) atoms. The first-order chi connectivity index (χ1) is 8.04. The Bertz CT molecular complexity index is 357. The lowest BCUT2D eigenvalue weighted by Crippen LogP contribution is -2.54. The number of carbonyl (C=O) groups is 2. The summed E-state index contributed by atoms with van der Waals surface area (Å²) in [4.78, 5) is 25.8. The van der Waals surface area contributed by atoms with E-state index in [2.05, 4.69) is 6.58 Å². The summed E-state index contributed by atoms with van der Waals surface area (Å²) in [5.74, 6) is -0.286. The van der Waals surface area contributed by atoms with E-state index in [0.29, 0.717) is 19.5 Å². The maximum Gasteiger partial charge on any atom is 0.408 e. The third kappa shape index (κ3) is 2.00. The van der Waals surface area contributed by atoms with Gasteiger partial charge in [0.15, 0.2) is 0 Å². The van der Waals surface area contributed by atoms with Crippen LogP contribution in [-0.4, -0.2) is 63.8 Å². The summed E-state index contributed by atoms with van der Waals surface area (Å²) in [5, 5.41) is 18.7. The molecule has 0 aromatic heterocycles. The second-order valence-corrected chi connectivity index (χ2v) is 4.56. The number of piperidine rings is 1. The topological polar surface area (TPSA) is 81.1 Å². The van der Waals surface area contributed by atoms with Crippen LogP contribution in [0.3, 0.4) is 0 Å². The molecule has 2 saturated heterocycles. The summed E-state index contributed by atoms with van der Waals surface area (Å²) in [6, 6.07) is -0.629. The van der Waals surface area contributed by atoms with Crippen LogP contribution in [-0.2, 0) is 4.79 Å². The lowest BCUT2D eigenvalue weighted by Gasteiger charge is -2.35. The van der Waals surface area contributed by atoms with Crippen LogP contribution < -0.4 is 0 Å². The quantitative estimate of drug-likeness (QED) is 0.652. The number of fused-ring (bicyclic) bond motifs is 1. The van der Waals surface area contributed by atoms with Crippen LogP contribution in [0, 0.1) is 5.92 Å². The van der Waals surface area contributed by atoms with Crippen molar-refractivity contribution in [3.63, 3.8) is 0 Å². The fourth-order valence-electron chi connectivity index (χ4n) is 2.73. The molecule has 6 nitrogen and oxygen atoms in total. The maximum absolute atomic E-state index is 12.0. The highest BCUT2D eigenvalue weighted by molar-refractivity contribution is 5.88. The van der Waals surface area contributed by atoms with E-state index in [-0.39, 0.29) is 18.4 Å². The number of carbonyl (C=O) groups excluding carboxylic acids is 1. The molecule has 2 aliphatic rings. The molecule has 0 bridgehead atoms. The van der Waals surface area contributed by atoms with Crippen molar-refractivity contribution >= 4 is 12.0 Å². The molecule has 0 aromatic rings. The van der Waals surface area contributed by atoms with E-state index < -0.39 is 18.2 Å².